The van der Waals surface area contributed by atoms with Gasteiger partial charge in [0.1, 0.15) is 4.21 Å². The Morgan fingerprint density at radius 3 is 2.52 bits per heavy atom. The number of nitrogens with two attached hydrogens (primary N) is 1. The molecule has 2 aromatic rings. The van der Waals surface area contributed by atoms with Gasteiger partial charge in [-0.15, -0.1) is 11.3 Å². The molecule has 0 spiro atoms. The molecule has 6 nitrogen and oxygen atoms in total. The summed E-state index contributed by atoms with van der Waals surface area (Å²) in [6, 6.07) is 7.79. The third-order valence-corrected chi connectivity index (χ3v) is 6.57. The van der Waals surface area contributed by atoms with Crippen molar-refractivity contribution in [3.63, 3.8) is 0 Å². The lowest BCUT2D eigenvalue weighted by molar-refractivity contribution is 0.318. The smallest absolute Gasteiger partial charge is 0.271 e. The molecule has 4 N–H and O–H groups in total. The highest BCUT2D eigenvalue weighted by Gasteiger charge is 2.18. The normalized spacial score (nSPS) is 12.4. The molecule has 21 heavy (non-hydrogen) atoms. The summed E-state index contributed by atoms with van der Waals surface area (Å²) in [5, 5.41) is 11.5. The van der Waals surface area contributed by atoms with Gasteiger partial charge in [-0.25, -0.2) is 8.42 Å². The second kappa shape index (κ2) is 6.34. The van der Waals surface area contributed by atoms with E-state index >= 15 is 0 Å². The summed E-state index contributed by atoms with van der Waals surface area (Å²) in [6.45, 7) is 0. The largest absolute Gasteiger partial charge is 0.409 e. The van der Waals surface area contributed by atoms with Crippen molar-refractivity contribution in [3.8, 4) is 0 Å². The van der Waals surface area contributed by atoms with Crippen molar-refractivity contribution in [1.82, 2.24) is 0 Å². The predicted octanol–water partition coefficient (Wildman–Crippen LogP) is 3.17. The Balaban J connectivity index is 2.32. The van der Waals surface area contributed by atoms with Gasteiger partial charge in [-0.1, -0.05) is 5.16 Å². The molecule has 1 aromatic carbocycles. The molecule has 0 amide bonds. The maximum absolute atomic E-state index is 12.2. The van der Waals surface area contributed by atoms with Crippen molar-refractivity contribution >= 4 is 64.7 Å². The zero-order valence-corrected chi connectivity index (χ0v) is 15.1. The third-order valence-electron chi connectivity index (χ3n) is 2.43. The molecular formula is C11H9Br2N3O3S2. The van der Waals surface area contributed by atoms with Gasteiger partial charge in [-0.05, 0) is 62.2 Å². The molecule has 0 atom stereocenters. The number of hydrogen-bond donors (Lipinski definition) is 3. The van der Waals surface area contributed by atoms with Crippen molar-refractivity contribution in [2.45, 2.75) is 4.21 Å². The van der Waals surface area contributed by atoms with Gasteiger partial charge < -0.3 is 10.9 Å². The molecule has 0 radical (unpaired) electrons. The number of thiophene rings is 1. The number of benzene rings is 1. The first kappa shape index (κ1) is 16.3. The minimum atomic E-state index is -3.66. The fourth-order valence-corrected chi connectivity index (χ4v) is 5.15. The Kier molecular flexibility index (Phi) is 4.91. The van der Waals surface area contributed by atoms with E-state index in [0.717, 1.165) is 15.1 Å². The first-order chi connectivity index (χ1) is 9.83. The van der Waals surface area contributed by atoms with E-state index in [4.69, 9.17) is 10.9 Å². The summed E-state index contributed by atoms with van der Waals surface area (Å²) in [7, 11) is -3.66. The van der Waals surface area contributed by atoms with Gasteiger partial charge in [0.05, 0.1) is 9.47 Å². The Morgan fingerprint density at radius 1 is 1.29 bits per heavy atom. The second-order valence-corrected chi connectivity index (χ2v) is 9.07. The van der Waals surface area contributed by atoms with E-state index in [9.17, 15) is 8.42 Å². The van der Waals surface area contributed by atoms with E-state index in [1.54, 1.807) is 18.2 Å². The fourth-order valence-electron chi connectivity index (χ4n) is 1.45. The number of nitrogens with zero attached hydrogens (tertiary/aromatic N) is 1. The van der Waals surface area contributed by atoms with Crippen LogP contribution in [0.25, 0.3) is 0 Å². The van der Waals surface area contributed by atoms with Crippen molar-refractivity contribution in [1.29, 1.82) is 0 Å². The Bertz CT molecular complexity index is 803. The minimum absolute atomic E-state index is 0.0627. The van der Waals surface area contributed by atoms with Gasteiger partial charge in [0, 0.05) is 10.0 Å². The second-order valence-electron chi connectivity index (χ2n) is 3.84. The molecule has 0 unspecified atom stereocenters. The van der Waals surface area contributed by atoms with E-state index in [2.05, 4.69) is 41.7 Å². The third kappa shape index (κ3) is 3.76. The fraction of sp³-hybridized carbons (Fsp3) is 0. The van der Waals surface area contributed by atoms with Crippen LogP contribution in [0.15, 0.2) is 48.0 Å². The molecule has 0 bridgehead atoms. The Morgan fingerprint density at radius 2 is 2.00 bits per heavy atom. The lowest BCUT2D eigenvalue weighted by Gasteiger charge is -2.09. The lowest BCUT2D eigenvalue weighted by atomic mass is 10.2. The minimum Gasteiger partial charge on any atom is -0.409 e. The van der Waals surface area contributed by atoms with Gasteiger partial charge in [0.2, 0.25) is 0 Å². The Hall–Kier alpha value is -1.10. The highest BCUT2D eigenvalue weighted by atomic mass is 79.9. The molecule has 0 aliphatic heterocycles. The quantitative estimate of drug-likeness (QED) is 0.285. The van der Waals surface area contributed by atoms with Crippen molar-refractivity contribution in [2.24, 2.45) is 10.9 Å². The van der Waals surface area contributed by atoms with Crippen molar-refractivity contribution < 1.29 is 13.6 Å². The van der Waals surface area contributed by atoms with Crippen LogP contribution >= 0.6 is 43.2 Å². The van der Waals surface area contributed by atoms with Gasteiger partial charge in [-0.3, -0.25) is 4.72 Å². The lowest BCUT2D eigenvalue weighted by Crippen LogP contribution is -2.14. The maximum atomic E-state index is 12.2. The van der Waals surface area contributed by atoms with E-state index in [1.807, 2.05) is 0 Å². The summed E-state index contributed by atoms with van der Waals surface area (Å²) in [5.41, 5.74) is 6.29. The highest BCUT2D eigenvalue weighted by molar-refractivity contribution is 9.11. The van der Waals surface area contributed by atoms with Crippen LogP contribution in [0, 0.1) is 0 Å². The van der Waals surface area contributed by atoms with Crippen LogP contribution in [-0.2, 0) is 10.0 Å². The van der Waals surface area contributed by atoms with Crippen molar-refractivity contribution in [3.05, 3.63) is 44.2 Å². The van der Waals surface area contributed by atoms with Crippen LogP contribution in [0.5, 0.6) is 0 Å². The number of anilines is 1. The standard InChI is InChI=1S/C11H9Br2N3O3S2/c12-7-5-6(11(14)15-17)1-2-8(7)16-21(18,19)10-4-3-9(13)20-10/h1-5,16-17H,(H2,14,15). The van der Waals surface area contributed by atoms with Crippen LogP contribution in [-0.4, -0.2) is 19.5 Å². The maximum Gasteiger partial charge on any atom is 0.271 e. The van der Waals surface area contributed by atoms with Gasteiger partial charge >= 0.3 is 0 Å². The molecule has 0 aliphatic carbocycles. The summed E-state index contributed by atoms with van der Waals surface area (Å²) in [5.74, 6) is -0.0627. The monoisotopic (exact) mass is 453 g/mol. The zero-order chi connectivity index (χ0) is 15.6. The summed E-state index contributed by atoms with van der Waals surface area (Å²) < 4.78 is 28.3. The van der Waals surface area contributed by atoms with E-state index in [0.29, 0.717) is 15.7 Å². The SMILES string of the molecule is N/C(=N/O)c1ccc(NS(=O)(=O)c2ccc(Br)s2)c(Br)c1. The van der Waals surface area contributed by atoms with Crippen LogP contribution in [0.4, 0.5) is 5.69 Å². The van der Waals surface area contributed by atoms with Gasteiger partial charge in [0.15, 0.2) is 5.84 Å². The molecular weight excluding hydrogens is 446 g/mol. The average molecular weight is 455 g/mol. The first-order valence-electron chi connectivity index (χ1n) is 5.39. The number of nitrogens with one attached hydrogen (secondary N) is 1. The van der Waals surface area contributed by atoms with Crippen LogP contribution in [0.2, 0.25) is 0 Å². The molecule has 2 rings (SSSR count). The van der Waals surface area contributed by atoms with E-state index < -0.39 is 10.0 Å². The van der Waals surface area contributed by atoms with E-state index in [1.165, 1.54) is 12.1 Å². The first-order valence-corrected chi connectivity index (χ1v) is 9.27. The van der Waals surface area contributed by atoms with Crippen molar-refractivity contribution in [2.75, 3.05) is 4.72 Å². The number of oxime groups is 1. The zero-order valence-electron chi connectivity index (χ0n) is 10.2. The number of hydrogen-bond acceptors (Lipinski definition) is 5. The van der Waals surface area contributed by atoms with Crippen LogP contribution in [0.3, 0.4) is 0 Å². The van der Waals surface area contributed by atoms with Crippen LogP contribution < -0.4 is 10.5 Å². The predicted molar refractivity (Wildman–Crippen MR) is 89.5 cm³/mol. The number of rotatable bonds is 4. The van der Waals surface area contributed by atoms with E-state index in [-0.39, 0.29) is 10.0 Å². The van der Waals surface area contributed by atoms with Crippen LogP contribution in [0.1, 0.15) is 5.56 Å². The molecule has 0 aliphatic rings. The Labute approximate surface area is 142 Å². The highest BCUT2D eigenvalue weighted by Crippen LogP contribution is 2.30. The molecule has 0 fully saturated rings. The molecule has 1 heterocycles. The number of sulfonamides is 1. The number of halogens is 2. The summed E-state index contributed by atoms with van der Waals surface area (Å²) in [4.78, 5) is 0. The molecule has 112 valence electrons. The molecule has 0 saturated carbocycles. The number of amidine groups is 1. The molecule has 0 saturated heterocycles. The average Bonchev–Trinajstić information content (AvgIpc) is 2.87. The van der Waals surface area contributed by atoms with Gasteiger partial charge in [-0.2, -0.15) is 0 Å². The topological polar surface area (TPSA) is 105 Å². The molecule has 1 aromatic heterocycles. The summed E-state index contributed by atoms with van der Waals surface area (Å²) in [6.07, 6.45) is 0. The van der Waals surface area contributed by atoms with Gasteiger partial charge in [0.25, 0.3) is 10.0 Å². The summed E-state index contributed by atoms with van der Waals surface area (Å²) >= 11 is 7.58. The molecule has 10 heteroatoms.